The molecule has 0 aromatic carbocycles. The van der Waals surface area contributed by atoms with Crippen LogP contribution in [0.15, 0.2) is 0 Å². The Morgan fingerprint density at radius 2 is 1.54 bits per heavy atom. The van der Waals surface area contributed by atoms with E-state index in [1.807, 2.05) is 18.7 Å². The Hall–Kier alpha value is -0.0151. The fourth-order valence-electron chi connectivity index (χ4n) is 2.22. The quantitative estimate of drug-likeness (QED) is 0.515. The molecule has 2 radical (unpaired) electrons. The van der Waals surface area contributed by atoms with Gasteiger partial charge in [-0.25, -0.2) is 0 Å². The molecular weight excluding hydrogens is 159 g/mol. The van der Waals surface area contributed by atoms with Crippen molar-refractivity contribution in [3.63, 3.8) is 0 Å². The zero-order valence-corrected chi connectivity index (χ0v) is 9.21. The largest absolute Gasteiger partial charge is 0.352 e. The molecule has 0 amide bonds. The van der Waals surface area contributed by atoms with Crippen molar-refractivity contribution < 1.29 is 0 Å². The van der Waals surface area contributed by atoms with Gasteiger partial charge in [0.25, 0.3) is 0 Å². The number of likely N-dealkylation sites (tertiary alicyclic amines) is 1. The Kier molecular flexibility index (Phi) is 3.80. The molecule has 2 rings (SSSR count). The summed E-state index contributed by atoms with van der Waals surface area (Å²) in [6.45, 7) is 8.77. The van der Waals surface area contributed by atoms with Crippen LogP contribution in [0.4, 0.5) is 0 Å². The van der Waals surface area contributed by atoms with Gasteiger partial charge in [0.2, 0.25) is 0 Å². The Morgan fingerprint density at radius 1 is 1.08 bits per heavy atom. The fourth-order valence-corrected chi connectivity index (χ4v) is 2.22. The van der Waals surface area contributed by atoms with Crippen molar-refractivity contribution in [1.29, 1.82) is 0 Å². The molecule has 2 fully saturated rings. The summed E-state index contributed by atoms with van der Waals surface area (Å²) in [6, 6.07) is 0. The van der Waals surface area contributed by atoms with Crippen LogP contribution in [0.2, 0.25) is 0 Å². The summed E-state index contributed by atoms with van der Waals surface area (Å²) >= 11 is 0. The van der Waals surface area contributed by atoms with E-state index in [9.17, 15) is 0 Å². The van der Waals surface area contributed by atoms with E-state index >= 15 is 0 Å². The summed E-state index contributed by atoms with van der Waals surface area (Å²) in [5, 5.41) is 0. The smallest absolute Gasteiger partial charge is 0.182 e. The van der Waals surface area contributed by atoms with Gasteiger partial charge >= 0.3 is 0 Å². The maximum Gasteiger partial charge on any atom is 0.182 e. The lowest BCUT2D eigenvalue weighted by molar-refractivity contribution is 0.00821. The first kappa shape index (κ1) is 11.1. The summed E-state index contributed by atoms with van der Waals surface area (Å²) in [5.74, 6) is 0. The lowest BCUT2D eigenvalue weighted by atomic mass is 9.71. The van der Waals surface area contributed by atoms with Crippen molar-refractivity contribution in [2.45, 2.75) is 26.7 Å². The zero-order valence-electron chi connectivity index (χ0n) is 9.21. The van der Waals surface area contributed by atoms with Crippen LogP contribution in [0.5, 0.6) is 0 Å². The number of hydrogen-bond acceptors (Lipinski definition) is 2. The van der Waals surface area contributed by atoms with Crippen molar-refractivity contribution in [3.05, 3.63) is 0 Å². The molecule has 0 N–H and O–H groups in total. The molecule has 0 atom stereocenters. The number of rotatable bonds is 0. The molecule has 1 spiro atoms. The first-order chi connectivity index (χ1) is 6.20. The zero-order chi connectivity index (χ0) is 9.90. The molecule has 3 heteroatoms. The molecule has 0 unspecified atom stereocenters. The Morgan fingerprint density at radius 3 is 1.92 bits per heavy atom. The minimum Gasteiger partial charge on any atom is -0.352 e. The van der Waals surface area contributed by atoms with Crippen LogP contribution in [-0.4, -0.2) is 50.9 Å². The van der Waals surface area contributed by atoms with Crippen LogP contribution in [0.3, 0.4) is 0 Å². The van der Waals surface area contributed by atoms with Crippen LogP contribution in [0.25, 0.3) is 0 Å². The van der Waals surface area contributed by atoms with E-state index in [4.69, 9.17) is 7.98 Å². The summed E-state index contributed by atoms with van der Waals surface area (Å²) in [6.07, 6.45) is 2.69. The van der Waals surface area contributed by atoms with Crippen LogP contribution >= 0.6 is 0 Å². The second-order valence-corrected chi connectivity index (χ2v) is 4.21. The van der Waals surface area contributed by atoms with Gasteiger partial charge in [-0.1, -0.05) is 13.8 Å². The third-order valence-electron chi connectivity index (χ3n) is 3.12. The van der Waals surface area contributed by atoms with E-state index in [1.165, 1.54) is 25.9 Å². The minimum atomic E-state index is 0.612. The van der Waals surface area contributed by atoms with Crippen LogP contribution in [0.1, 0.15) is 26.7 Å². The highest BCUT2D eigenvalue weighted by Crippen LogP contribution is 2.38. The van der Waals surface area contributed by atoms with Crippen molar-refractivity contribution in [1.82, 2.24) is 9.71 Å². The minimum absolute atomic E-state index is 0.612. The van der Waals surface area contributed by atoms with Crippen molar-refractivity contribution >= 4 is 7.98 Å². The van der Waals surface area contributed by atoms with Gasteiger partial charge in [0.15, 0.2) is 7.98 Å². The van der Waals surface area contributed by atoms with E-state index in [1.54, 1.807) is 0 Å². The van der Waals surface area contributed by atoms with Gasteiger partial charge in [-0.2, -0.15) is 0 Å². The highest BCUT2D eigenvalue weighted by molar-refractivity contribution is 6.05. The Balaban J connectivity index is 0.000000396. The van der Waals surface area contributed by atoms with E-state index < -0.39 is 0 Å². The maximum atomic E-state index is 5.64. The second-order valence-electron chi connectivity index (χ2n) is 4.21. The average Bonchev–Trinajstić information content (AvgIpc) is 2.11. The van der Waals surface area contributed by atoms with Crippen molar-refractivity contribution in [3.8, 4) is 0 Å². The molecule has 0 saturated carbocycles. The standard InChI is InChI=1S/C8H15BN2.C2H6/c1-10-4-2-8(3-5-10)6-11(9)7-8;1-2/h2-7H2,1H3;1-2H3. The average molecular weight is 180 g/mol. The molecule has 2 nitrogen and oxygen atoms in total. The molecule has 0 aliphatic carbocycles. The van der Waals surface area contributed by atoms with Crippen molar-refractivity contribution in [2.75, 3.05) is 33.2 Å². The van der Waals surface area contributed by atoms with E-state index in [2.05, 4.69) is 11.9 Å². The first-order valence-electron chi connectivity index (χ1n) is 5.38. The summed E-state index contributed by atoms with van der Waals surface area (Å²) in [4.78, 5) is 4.34. The van der Waals surface area contributed by atoms with Crippen molar-refractivity contribution in [2.24, 2.45) is 5.41 Å². The molecule has 0 bridgehead atoms. The van der Waals surface area contributed by atoms with Gasteiger partial charge < -0.3 is 9.71 Å². The van der Waals surface area contributed by atoms with E-state index in [0.717, 1.165) is 13.1 Å². The molecule has 2 heterocycles. The summed E-state index contributed by atoms with van der Waals surface area (Å²) < 4.78 is 0. The highest BCUT2D eigenvalue weighted by Gasteiger charge is 2.41. The highest BCUT2D eigenvalue weighted by atomic mass is 15.2. The number of nitrogens with zero attached hydrogens (tertiary/aromatic N) is 2. The molecule has 74 valence electrons. The molecule has 0 aromatic rings. The Labute approximate surface area is 83.7 Å². The predicted octanol–water partition coefficient (Wildman–Crippen LogP) is 1.12. The van der Waals surface area contributed by atoms with Gasteiger partial charge in [-0.15, -0.1) is 0 Å². The topological polar surface area (TPSA) is 6.48 Å². The fraction of sp³-hybridized carbons (Fsp3) is 1.00. The van der Waals surface area contributed by atoms with Gasteiger partial charge in [0.1, 0.15) is 0 Å². The SMILES string of the molecule is CC.[B]N1CC2(CCN(C)CC2)C1. The van der Waals surface area contributed by atoms with E-state index in [0.29, 0.717) is 5.41 Å². The van der Waals surface area contributed by atoms with E-state index in [-0.39, 0.29) is 0 Å². The number of hydrogen-bond donors (Lipinski definition) is 0. The summed E-state index contributed by atoms with van der Waals surface area (Å²) in [5.41, 5.74) is 0.612. The molecule has 2 saturated heterocycles. The molecule has 2 aliphatic heterocycles. The maximum absolute atomic E-state index is 5.64. The lowest BCUT2D eigenvalue weighted by Crippen LogP contribution is -2.58. The lowest BCUT2D eigenvalue weighted by Gasteiger charge is -2.53. The predicted molar refractivity (Wildman–Crippen MR) is 57.8 cm³/mol. The molecular formula is C10H21BN2. The van der Waals surface area contributed by atoms with Crippen LogP contribution in [-0.2, 0) is 0 Å². The van der Waals surface area contributed by atoms with Gasteiger partial charge in [0.05, 0.1) is 0 Å². The first-order valence-corrected chi connectivity index (χ1v) is 5.38. The third-order valence-corrected chi connectivity index (χ3v) is 3.12. The van der Waals surface area contributed by atoms with Crippen LogP contribution < -0.4 is 0 Å². The van der Waals surface area contributed by atoms with Gasteiger partial charge in [0, 0.05) is 0 Å². The normalized spacial score (nSPS) is 27.6. The Bertz CT molecular complexity index is 145. The monoisotopic (exact) mass is 180 g/mol. The van der Waals surface area contributed by atoms with Gasteiger partial charge in [-0.3, -0.25) is 0 Å². The molecule has 13 heavy (non-hydrogen) atoms. The molecule has 2 aliphatic rings. The summed E-state index contributed by atoms with van der Waals surface area (Å²) in [7, 11) is 7.84. The third kappa shape index (κ3) is 2.47. The van der Waals surface area contributed by atoms with Crippen LogP contribution in [0, 0.1) is 5.41 Å². The van der Waals surface area contributed by atoms with Gasteiger partial charge in [-0.05, 0) is 51.5 Å². The molecule has 0 aromatic heterocycles. The second kappa shape index (κ2) is 4.47. The number of piperidine rings is 1.